The summed E-state index contributed by atoms with van der Waals surface area (Å²) < 4.78 is 6.21. The number of benzene rings is 2. The van der Waals surface area contributed by atoms with E-state index in [4.69, 9.17) is 4.74 Å². The largest absolute Gasteiger partial charge is 0.455 e. The molecule has 0 saturated heterocycles. The standard InChI is InChI=1S/C20H18N4O4/c25-18(23-11-9-14-5-1-4-8-17(14)23)13-28-19(26)10-12-24-20(27)15-6-2-3-7-16(15)21-22-24/h1-8H,9-13H2. The van der Waals surface area contributed by atoms with Crippen molar-refractivity contribution in [3.63, 3.8) is 0 Å². The zero-order valence-corrected chi connectivity index (χ0v) is 15.1. The molecule has 2 heterocycles. The van der Waals surface area contributed by atoms with Crippen LogP contribution in [0.15, 0.2) is 53.3 Å². The van der Waals surface area contributed by atoms with Crippen LogP contribution in [0, 0.1) is 0 Å². The molecule has 1 aromatic heterocycles. The van der Waals surface area contributed by atoms with E-state index in [2.05, 4.69) is 10.3 Å². The predicted octanol–water partition coefficient (Wildman–Crippen LogP) is 1.31. The van der Waals surface area contributed by atoms with Crippen LogP contribution in [0.3, 0.4) is 0 Å². The van der Waals surface area contributed by atoms with Crippen molar-refractivity contribution in [2.75, 3.05) is 18.1 Å². The van der Waals surface area contributed by atoms with Crippen molar-refractivity contribution in [1.29, 1.82) is 0 Å². The molecule has 8 nitrogen and oxygen atoms in total. The second kappa shape index (κ2) is 7.59. The van der Waals surface area contributed by atoms with Gasteiger partial charge in [-0.1, -0.05) is 35.5 Å². The predicted molar refractivity (Wildman–Crippen MR) is 102 cm³/mol. The van der Waals surface area contributed by atoms with Gasteiger partial charge >= 0.3 is 5.97 Å². The molecule has 0 radical (unpaired) electrons. The summed E-state index contributed by atoms with van der Waals surface area (Å²) in [5.41, 5.74) is 2.16. The van der Waals surface area contributed by atoms with Crippen LogP contribution in [0.5, 0.6) is 0 Å². The number of rotatable bonds is 5. The molecule has 0 fully saturated rings. The molecule has 3 aromatic rings. The smallest absolute Gasteiger partial charge is 0.308 e. The van der Waals surface area contributed by atoms with Crippen LogP contribution in [-0.2, 0) is 27.3 Å². The minimum absolute atomic E-state index is 0.0379. The van der Waals surface area contributed by atoms with E-state index < -0.39 is 5.97 Å². The first-order valence-corrected chi connectivity index (χ1v) is 9.00. The molecule has 142 valence electrons. The Bertz CT molecular complexity index is 1110. The maximum atomic E-state index is 12.4. The highest BCUT2D eigenvalue weighted by molar-refractivity contribution is 5.97. The zero-order valence-electron chi connectivity index (χ0n) is 15.1. The van der Waals surface area contributed by atoms with Gasteiger partial charge in [0.25, 0.3) is 11.5 Å². The third-order valence-electron chi connectivity index (χ3n) is 4.70. The van der Waals surface area contributed by atoms with E-state index >= 15 is 0 Å². The Balaban J connectivity index is 1.33. The number of ether oxygens (including phenoxy) is 1. The first-order valence-electron chi connectivity index (χ1n) is 9.00. The van der Waals surface area contributed by atoms with Gasteiger partial charge in [-0.15, -0.1) is 5.10 Å². The third kappa shape index (κ3) is 3.48. The van der Waals surface area contributed by atoms with Gasteiger partial charge in [-0.2, -0.15) is 0 Å². The highest BCUT2D eigenvalue weighted by atomic mass is 16.5. The number of esters is 1. The minimum Gasteiger partial charge on any atom is -0.455 e. The number of hydrogen-bond acceptors (Lipinski definition) is 6. The number of aryl methyl sites for hydroxylation is 1. The molecule has 1 aliphatic heterocycles. The second-order valence-corrected chi connectivity index (χ2v) is 6.47. The second-order valence-electron chi connectivity index (χ2n) is 6.47. The summed E-state index contributed by atoms with van der Waals surface area (Å²) in [6.07, 6.45) is 0.718. The lowest BCUT2D eigenvalue weighted by Crippen LogP contribution is -2.33. The van der Waals surface area contributed by atoms with Gasteiger partial charge in [-0.3, -0.25) is 14.4 Å². The molecule has 0 aliphatic carbocycles. The number of carbonyl (C=O) groups is 2. The summed E-state index contributed by atoms with van der Waals surface area (Å²) in [7, 11) is 0. The normalized spacial score (nSPS) is 12.8. The lowest BCUT2D eigenvalue weighted by molar-refractivity contribution is -0.148. The van der Waals surface area contributed by atoms with Gasteiger partial charge in [-0.05, 0) is 30.2 Å². The van der Waals surface area contributed by atoms with Crippen molar-refractivity contribution in [3.05, 3.63) is 64.4 Å². The fourth-order valence-electron chi connectivity index (χ4n) is 3.26. The number of anilines is 1. The summed E-state index contributed by atoms with van der Waals surface area (Å²) in [5, 5.41) is 8.24. The molecule has 28 heavy (non-hydrogen) atoms. The van der Waals surface area contributed by atoms with Gasteiger partial charge in [-0.25, -0.2) is 4.68 Å². The van der Waals surface area contributed by atoms with E-state index in [-0.39, 0.29) is 31.0 Å². The maximum Gasteiger partial charge on any atom is 0.308 e. The molecule has 0 bridgehead atoms. The van der Waals surface area contributed by atoms with E-state index in [9.17, 15) is 14.4 Å². The quantitative estimate of drug-likeness (QED) is 0.622. The molecule has 1 aliphatic rings. The summed E-state index contributed by atoms with van der Waals surface area (Å²) >= 11 is 0. The van der Waals surface area contributed by atoms with Crippen molar-refractivity contribution in [3.8, 4) is 0 Å². The van der Waals surface area contributed by atoms with Crippen molar-refractivity contribution >= 4 is 28.5 Å². The Hall–Kier alpha value is -3.55. The Kier molecular flexibility index (Phi) is 4.84. The van der Waals surface area contributed by atoms with E-state index in [0.717, 1.165) is 22.4 Å². The average Bonchev–Trinajstić information content (AvgIpc) is 3.16. The van der Waals surface area contributed by atoms with E-state index in [1.807, 2.05) is 24.3 Å². The zero-order chi connectivity index (χ0) is 19.5. The average molecular weight is 378 g/mol. The molecule has 0 spiro atoms. The van der Waals surface area contributed by atoms with Crippen LogP contribution in [0.2, 0.25) is 0 Å². The topological polar surface area (TPSA) is 94.4 Å². The van der Waals surface area contributed by atoms with Crippen molar-refractivity contribution in [2.45, 2.75) is 19.4 Å². The van der Waals surface area contributed by atoms with Gasteiger partial charge in [0.15, 0.2) is 6.61 Å². The van der Waals surface area contributed by atoms with Crippen LogP contribution in [0.4, 0.5) is 5.69 Å². The maximum absolute atomic E-state index is 12.4. The number of fused-ring (bicyclic) bond motifs is 2. The number of carbonyl (C=O) groups excluding carboxylic acids is 2. The lowest BCUT2D eigenvalue weighted by Gasteiger charge is -2.17. The van der Waals surface area contributed by atoms with Crippen molar-refractivity contribution in [1.82, 2.24) is 15.0 Å². The molecule has 0 saturated carbocycles. The van der Waals surface area contributed by atoms with E-state index in [1.165, 1.54) is 0 Å². The third-order valence-corrected chi connectivity index (χ3v) is 4.70. The van der Waals surface area contributed by atoms with Gasteiger partial charge < -0.3 is 9.64 Å². The lowest BCUT2D eigenvalue weighted by atomic mass is 10.2. The number of amides is 1. The number of nitrogens with zero attached hydrogens (tertiary/aromatic N) is 4. The molecule has 1 amide bonds. The molecule has 4 rings (SSSR count). The highest BCUT2D eigenvalue weighted by Gasteiger charge is 2.24. The van der Waals surface area contributed by atoms with Gasteiger partial charge in [0.2, 0.25) is 0 Å². The van der Waals surface area contributed by atoms with Crippen LogP contribution in [0.25, 0.3) is 10.9 Å². The molecule has 2 aromatic carbocycles. The molecular formula is C20H18N4O4. The number of hydrogen-bond donors (Lipinski definition) is 0. The summed E-state index contributed by atoms with van der Waals surface area (Å²) in [4.78, 5) is 38.3. The molecular weight excluding hydrogens is 360 g/mol. The highest BCUT2D eigenvalue weighted by Crippen LogP contribution is 2.27. The Labute approximate surface area is 160 Å². The summed E-state index contributed by atoms with van der Waals surface area (Å²) in [5.74, 6) is -0.830. The fourth-order valence-corrected chi connectivity index (χ4v) is 3.26. The SMILES string of the molecule is O=C(CCn1nnc2ccccc2c1=O)OCC(=O)N1CCc2ccccc21. The summed E-state index contributed by atoms with van der Waals surface area (Å²) in [6.45, 7) is 0.291. The number of aromatic nitrogens is 3. The molecule has 0 atom stereocenters. The van der Waals surface area contributed by atoms with Crippen molar-refractivity contribution < 1.29 is 14.3 Å². The number of para-hydroxylation sites is 1. The van der Waals surface area contributed by atoms with Crippen LogP contribution < -0.4 is 10.5 Å². The first-order chi connectivity index (χ1) is 13.6. The Morgan fingerprint density at radius 2 is 1.86 bits per heavy atom. The van der Waals surface area contributed by atoms with Gasteiger partial charge in [0, 0.05) is 12.2 Å². The molecule has 0 unspecified atom stereocenters. The van der Waals surface area contributed by atoms with Crippen LogP contribution >= 0.6 is 0 Å². The summed E-state index contributed by atoms with van der Waals surface area (Å²) in [6, 6.07) is 14.5. The van der Waals surface area contributed by atoms with Gasteiger partial charge in [0.1, 0.15) is 5.52 Å². The van der Waals surface area contributed by atoms with E-state index in [0.29, 0.717) is 17.4 Å². The molecule has 8 heteroatoms. The Morgan fingerprint density at radius 1 is 1.07 bits per heavy atom. The minimum atomic E-state index is -0.567. The van der Waals surface area contributed by atoms with E-state index in [1.54, 1.807) is 29.2 Å². The van der Waals surface area contributed by atoms with Crippen LogP contribution in [-0.4, -0.2) is 40.0 Å². The first kappa shape index (κ1) is 17.8. The molecule has 0 N–H and O–H groups in total. The van der Waals surface area contributed by atoms with Crippen molar-refractivity contribution in [2.24, 2.45) is 0 Å². The van der Waals surface area contributed by atoms with Crippen LogP contribution in [0.1, 0.15) is 12.0 Å². The fraction of sp³-hybridized carbons (Fsp3) is 0.250. The monoisotopic (exact) mass is 378 g/mol. The van der Waals surface area contributed by atoms with Gasteiger partial charge in [0.05, 0.1) is 18.4 Å². The Morgan fingerprint density at radius 3 is 2.75 bits per heavy atom.